The van der Waals surface area contributed by atoms with E-state index in [1.54, 1.807) is 6.07 Å². The zero-order chi connectivity index (χ0) is 14.0. The number of nitrogens with zero attached hydrogens (tertiary/aromatic N) is 1. The number of rotatable bonds is 2. The van der Waals surface area contributed by atoms with Gasteiger partial charge in [0.15, 0.2) is 0 Å². The van der Waals surface area contributed by atoms with Crippen molar-refractivity contribution in [3.05, 3.63) is 41.0 Å². The molecule has 1 aliphatic heterocycles. The van der Waals surface area contributed by atoms with Gasteiger partial charge in [0.05, 0.1) is 0 Å². The van der Waals surface area contributed by atoms with E-state index in [-0.39, 0.29) is 5.91 Å². The Morgan fingerprint density at radius 3 is 2.58 bits per heavy atom. The topological polar surface area (TPSA) is 69.6 Å². The van der Waals surface area contributed by atoms with Crippen LogP contribution < -0.4 is 5.32 Å². The van der Waals surface area contributed by atoms with E-state index in [9.17, 15) is 9.59 Å². The fraction of sp³-hybridized carbons (Fsp3) is 0.286. The summed E-state index contributed by atoms with van der Waals surface area (Å²) in [7, 11) is 0. The first-order valence-electron chi connectivity index (χ1n) is 6.01. The van der Waals surface area contributed by atoms with Gasteiger partial charge in [0, 0.05) is 24.9 Å². The second kappa shape index (κ2) is 5.14. The van der Waals surface area contributed by atoms with Crippen molar-refractivity contribution in [2.75, 3.05) is 5.32 Å². The maximum atomic E-state index is 11.6. The Bertz CT molecular complexity index is 560. The molecule has 1 aromatic rings. The van der Waals surface area contributed by atoms with Crippen LogP contribution in [0.4, 0.5) is 10.5 Å². The van der Waals surface area contributed by atoms with Gasteiger partial charge >= 0.3 is 6.09 Å². The Kier molecular flexibility index (Phi) is 3.55. The van der Waals surface area contributed by atoms with Gasteiger partial charge in [-0.2, -0.15) is 0 Å². The molecule has 0 aromatic heterocycles. The Morgan fingerprint density at radius 2 is 1.95 bits per heavy atom. The van der Waals surface area contributed by atoms with E-state index < -0.39 is 6.09 Å². The number of amides is 2. The van der Waals surface area contributed by atoms with Crippen molar-refractivity contribution in [1.29, 1.82) is 0 Å². The third-order valence-electron chi connectivity index (χ3n) is 2.89. The lowest BCUT2D eigenvalue weighted by Gasteiger charge is -2.08. The van der Waals surface area contributed by atoms with E-state index in [2.05, 4.69) is 5.32 Å². The lowest BCUT2D eigenvalue weighted by Crippen LogP contribution is -2.22. The molecule has 0 spiro atoms. The fourth-order valence-corrected chi connectivity index (χ4v) is 2.05. The molecule has 100 valence electrons. The molecule has 2 amide bonds. The third-order valence-corrected chi connectivity index (χ3v) is 2.89. The van der Waals surface area contributed by atoms with Gasteiger partial charge in [-0.15, -0.1) is 0 Å². The van der Waals surface area contributed by atoms with Gasteiger partial charge in [-0.25, -0.2) is 4.79 Å². The summed E-state index contributed by atoms with van der Waals surface area (Å²) in [6.45, 7) is 4.49. The van der Waals surface area contributed by atoms with Gasteiger partial charge in [-0.3, -0.25) is 9.69 Å². The molecule has 5 nitrogen and oxygen atoms in total. The third kappa shape index (κ3) is 3.13. The van der Waals surface area contributed by atoms with Gasteiger partial charge in [-0.05, 0) is 37.1 Å². The highest BCUT2D eigenvalue weighted by Gasteiger charge is 2.22. The van der Waals surface area contributed by atoms with Crippen LogP contribution in [-0.2, 0) is 17.9 Å². The summed E-state index contributed by atoms with van der Waals surface area (Å²) in [4.78, 5) is 23.8. The fourth-order valence-electron chi connectivity index (χ4n) is 2.05. The molecule has 0 saturated heterocycles. The highest BCUT2D eigenvalue weighted by atomic mass is 16.4. The molecule has 2 N–H and O–H groups in total. The average Bonchev–Trinajstić information content (AvgIpc) is 2.70. The van der Waals surface area contributed by atoms with E-state index >= 15 is 0 Å². The summed E-state index contributed by atoms with van der Waals surface area (Å²) < 4.78 is 0. The molecule has 1 heterocycles. The van der Waals surface area contributed by atoms with Crippen molar-refractivity contribution in [2.24, 2.45) is 0 Å². The molecular formula is C14H16N2O3. The normalized spacial score (nSPS) is 12.8. The maximum Gasteiger partial charge on any atom is 0.407 e. The smallest absolute Gasteiger partial charge is 0.407 e. The quantitative estimate of drug-likeness (QED) is 0.803. The molecule has 0 saturated carbocycles. The van der Waals surface area contributed by atoms with Crippen molar-refractivity contribution < 1.29 is 14.7 Å². The van der Waals surface area contributed by atoms with Crippen molar-refractivity contribution in [3.63, 3.8) is 0 Å². The number of carboxylic acid groups (broad SMARTS) is 1. The Labute approximate surface area is 111 Å². The van der Waals surface area contributed by atoms with Crippen LogP contribution in [0.15, 0.2) is 29.8 Å². The molecule has 1 aromatic carbocycles. The standard InChI is InChI=1S/C14H16N2O3/c1-9(2)5-13(17)15-12-4-3-10-7-16(14(18)19)8-11(10)6-12/h3-6H,7-8H2,1-2H3,(H,15,17)(H,18,19). The number of nitrogens with one attached hydrogen (secondary N) is 1. The Hall–Kier alpha value is -2.30. The lowest BCUT2D eigenvalue weighted by atomic mass is 10.1. The number of anilines is 1. The first kappa shape index (κ1) is 13.1. The van der Waals surface area contributed by atoms with Crippen molar-refractivity contribution in [1.82, 2.24) is 4.90 Å². The predicted octanol–water partition coefficient (Wildman–Crippen LogP) is 2.58. The monoisotopic (exact) mass is 260 g/mol. The minimum atomic E-state index is -0.925. The molecular weight excluding hydrogens is 244 g/mol. The van der Waals surface area contributed by atoms with Crippen molar-refractivity contribution >= 4 is 17.7 Å². The highest BCUT2D eigenvalue weighted by Crippen LogP contribution is 2.25. The molecule has 2 rings (SSSR count). The molecule has 0 atom stereocenters. The van der Waals surface area contributed by atoms with E-state index in [0.29, 0.717) is 18.8 Å². The summed E-state index contributed by atoms with van der Waals surface area (Å²) in [6.07, 6.45) is 0.600. The average molecular weight is 260 g/mol. The number of fused-ring (bicyclic) bond motifs is 1. The van der Waals surface area contributed by atoms with Crippen molar-refractivity contribution in [3.8, 4) is 0 Å². The first-order valence-corrected chi connectivity index (χ1v) is 6.01. The second-order valence-corrected chi connectivity index (χ2v) is 4.83. The largest absolute Gasteiger partial charge is 0.465 e. The van der Waals surface area contributed by atoms with Crippen LogP contribution in [0.5, 0.6) is 0 Å². The molecule has 0 fully saturated rings. The summed E-state index contributed by atoms with van der Waals surface area (Å²) in [6, 6.07) is 5.48. The van der Waals surface area contributed by atoms with Crippen LogP contribution in [0.25, 0.3) is 0 Å². The van der Waals surface area contributed by atoms with Crippen LogP contribution in [0, 0.1) is 0 Å². The number of allylic oxidation sites excluding steroid dienone is 1. The second-order valence-electron chi connectivity index (χ2n) is 4.83. The summed E-state index contributed by atoms with van der Waals surface area (Å²) >= 11 is 0. The van der Waals surface area contributed by atoms with Crippen molar-refractivity contribution in [2.45, 2.75) is 26.9 Å². The van der Waals surface area contributed by atoms with Gasteiger partial charge in [0.2, 0.25) is 5.91 Å². The molecule has 19 heavy (non-hydrogen) atoms. The number of hydrogen-bond acceptors (Lipinski definition) is 2. The number of carbonyl (C=O) groups excluding carboxylic acids is 1. The molecule has 0 aliphatic carbocycles. The zero-order valence-electron chi connectivity index (χ0n) is 10.9. The summed E-state index contributed by atoms with van der Waals surface area (Å²) in [5, 5.41) is 11.7. The molecule has 5 heteroatoms. The molecule has 1 aliphatic rings. The molecule has 0 bridgehead atoms. The minimum absolute atomic E-state index is 0.173. The van der Waals surface area contributed by atoms with Crippen LogP contribution in [0.3, 0.4) is 0 Å². The Morgan fingerprint density at radius 1 is 1.26 bits per heavy atom. The summed E-state index contributed by atoms with van der Waals surface area (Å²) in [5.74, 6) is -0.173. The number of benzene rings is 1. The van der Waals surface area contributed by atoms with Crippen LogP contribution in [-0.4, -0.2) is 22.0 Å². The first-order chi connectivity index (χ1) is 8.95. The maximum absolute atomic E-state index is 11.6. The van der Waals surface area contributed by atoms with E-state index in [4.69, 9.17) is 5.11 Å². The Balaban J connectivity index is 2.12. The minimum Gasteiger partial charge on any atom is -0.465 e. The highest BCUT2D eigenvalue weighted by molar-refractivity contribution is 5.99. The summed E-state index contributed by atoms with van der Waals surface area (Å²) in [5.41, 5.74) is 3.55. The zero-order valence-corrected chi connectivity index (χ0v) is 10.9. The number of hydrogen-bond donors (Lipinski definition) is 2. The van der Waals surface area contributed by atoms with E-state index in [1.807, 2.05) is 26.0 Å². The van der Waals surface area contributed by atoms with Gasteiger partial charge < -0.3 is 10.4 Å². The van der Waals surface area contributed by atoms with Crippen LogP contribution in [0.2, 0.25) is 0 Å². The lowest BCUT2D eigenvalue weighted by molar-refractivity contribution is -0.111. The van der Waals surface area contributed by atoms with E-state index in [0.717, 1.165) is 16.7 Å². The number of carbonyl (C=O) groups is 2. The SMILES string of the molecule is CC(C)=CC(=O)Nc1ccc2c(c1)CN(C(=O)O)C2. The van der Waals surface area contributed by atoms with Crippen LogP contribution in [0.1, 0.15) is 25.0 Å². The molecule has 0 radical (unpaired) electrons. The van der Waals surface area contributed by atoms with Gasteiger partial charge in [0.1, 0.15) is 0 Å². The van der Waals surface area contributed by atoms with Gasteiger partial charge in [0.25, 0.3) is 0 Å². The molecule has 0 unspecified atom stereocenters. The predicted molar refractivity (Wildman–Crippen MR) is 71.8 cm³/mol. The van der Waals surface area contributed by atoms with Gasteiger partial charge in [-0.1, -0.05) is 11.6 Å². The van der Waals surface area contributed by atoms with E-state index in [1.165, 1.54) is 11.0 Å². The van der Waals surface area contributed by atoms with Crippen LogP contribution >= 0.6 is 0 Å².